The van der Waals surface area contributed by atoms with Gasteiger partial charge in [0, 0.05) is 24.3 Å². The van der Waals surface area contributed by atoms with E-state index in [1.54, 1.807) is 0 Å². The lowest BCUT2D eigenvalue weighted by Gasteiger charge is -2.20. The molecule has 3 N–H and O–H groups in total. The number of rotatable bonds is 5. The molecule has 1 heterocycles. The molecule has 2 aromatic rings. The maximum atomic E-state index is 11.3. The molecule has 0 spiro atoms. The van der Waals surface area contributed by atoms with E-state index in [1.165, 1.54) is 53.9 Å². The summed E-state index contributed by atoms with van der Waals surface area (Å²) in [6.45, 7) is 1.17. The van der Waals surface area contributed by atoms with Crippen LogP contribution in [0, 0.1) is 0 Å². The van der Waals surface area contributed by atoms with Crippen LogP contribution >= 0.6 is 11.8 Å². The van der Waals surface area contributed by atoms with Crippen LogP contribution in [0.3, 0.4) is 0 Å². The Kier molecular flexibility index (Phi) is 5.65. The number of aromatic hydroxyl groups is 2. The zero-order valence-corrected chi connectivity index (χ0v) is 15.7. The van der Waals surface area contributed by atoms with Crippen LogP contribution in [-0.4, -0.2) is 37.1 Å². The summed E-state index contributed by atoms with van der Waals surface area (Å²) < 4.78 is 6.17. The largest absolute Gasteiger partial charge is 0.494 e. The van der Waals surface area contributed by atoms with E-state index in [1.807, 2.05) is 0 Å². The van der Waals surface area contributed by atoms with Crippen molar-refractivity contribution in [1.82, 2.24) is 4.57 Å². The second-order valence-electron chi connectivity index (χ2n) is 6.48. The molecule has 0 unspecified atom stereocenters. The highest BCUT2D eigenvalue weighted by molar-refractivity contribution is 8.00. The average molecular weight is 391 g/mol. The Morgan fingerprint density at radius 3 is 2.48 bits per heavy atom. The van der Waals surface area contributed by atoms with Crippen LogP contribution in [0.5, 0.6) is 17.5 Å². The van der Waals surface area contributed by atoms with Crippen LogP contribution in [0.15, 0.2) is 29.2 Å². The number of benzene rings is 1. The van der Waals surface area contributed by atoms with Gasteiger partial charge in [0.1, 0.15) is 11.3 Å². The first-order chi connectivity index (χ1) is 12.9. The van der Waals surface area contributed by atoms with Gasteiger partial charge in [-0.2, -0.15) is 0 Å². The van der Waals surface area contributed by atoms with Crippen molar-refractivity contribution in [2.24, 2.45) is 0 Å². The molecular weight excluding hydrogens is 370 g/mol. The Morgan fingerprint density at radius 2 is 1.85 bits per heavy atom. The molecule has 1 aliphatic rings. The highest BCUT2D eigenvalue weighted by atomic mass is 32.2. The first-order valence-electron chi connectivity index (χ1n) is 8.73. The third-order valence-corrected chi connectivity index (χ3v) is 5.83. The Balaban J connectivity index is 1.96. The van der Waals surface area contributed by atoms with E-state index in [2.05, 4.69) is 0 Å². The van der Waals surface area contributed by atoms with Crippen LogP contribution in [0.2, 0.25) is 0 Å². The van der Waals surface area contributed by atoms with Gasteiger partial charge in [-0.25, -0.2) is 4.79 Å². The topological polar surface area (TPSA) is 109 Å². The number of ether oxygens (including phenoxy) is 1. The van der Waals surface area contributed by atoms with E-state index in [4.69, 9.17) is 4.74 Å². The number of carboxylic acid groups (broad SMARTS) is 1. The van der Waals surface area contributed by atoms with Crippen LogP contribution < -0.4 is 4.74 Å². The summed E-state index contributed by atoms with van der Waals surface area (Å²) in [5.41, 5.74) is 0.110. The molecule has 0 radical (unpaired) electrons. The van der Waals surface area contributed by atoms with Gasteiger partial charge in [-0.1, -0.05) is 19.3 Å². The average Bonchev–Trinajstić information content (AvgIpc) is 2.88. The molecule has 0 aliphatic heterocycles. The van der Waals surface area contributed by atoms with Crippen molar-refractivity contribution in [3.8, 4) is 23.2 Å². The van der Waals surface area contributed by atoms with Crippen LogP contribution in [0.25, 0.3) is 5.69 Å². The molecular formula is C19H21NO6S. The molecule has 0 saturated heterocycles. The van der Waals surface area contributed by atoms with E-state index in [-0.39, 0.29) is 23.1 Å². The number of nitrogens with zero attached hydrogens (tertiary/aromatic N) is 1. The lowest BCUT2D eigenvalue weighted by Crippen LogP contribution is -2.08. The number of esters is 1. The number of hydrogen-bond acceptors (Lipinski definition) is 6. The smallest absolute Gasteiger partial charge is 0.339 e. The van der Waals surface area contributed by atoms with Crippen molar-refractivity contribution in [2.45, 2.75) is 49.2 Å². The molecule has 27 heavy (non-hydrogen) atoms. The monoisotopic (exact) mass is 391 g/mol. The molecule has 0 amide bonds. The van der Waals surface area contributed by atoms with Crippen molar-refractivity contribution < 1.29 is 29.6 Å². The van der Waals surface area contributed by atoms with E-state index in [0.717, 1.165) is 25.7 Å². The number of aromatic carboxylic acids is 1. The molecule has 7 nitrogen and oxygen atoms in total. The van der Waals surface area contributed by atoms with Gasteiger partial charge in [-0.15, -0.1) is 11.8 Å². The number of carbonyl (C=O) groups excluding carboxylic acids is 1. The van der Waals surface area contributed by atoms with Gasteiger partial charge >= 0.3 is 11.9 Å². The Bertz CT molecular complexity index is 869. The Morgan fingerprint density at radius 1 is 1.15 bits per heavy atom. The highest BCUT2D eigenvalue weighted by Crippen LogP contribution is 2.43. The molecule has 1 saturated carbocycles. The summed E-state index contributed by atoms with van der Waals surface area (Å²) in [4.78, 5) is 23.1. The van der Waals surface area contributed by atoms with Crippen molar-refractivity contribution in [2.75, 3.05) is 0 Å². The fourth-order valence-electron chi connectivity index (χ4n) is 3.23. The van der Waals surface area contributed by atoms with Crippen molar-refractivity contribution in [3.05, 3.63) is 29.8 Å². The third-order valence-electron chi connectivity index (χ3n) is 4.47. The standard InChI is InChI=1S/C19H21NO6S/c1-11(21)26-15-9-12(7-8-14(15)19(24)25)20-17(22)10-16(18(20)23)27-13-5-3-2-4-6-13/h7-10,13,22-23H,2-6H2,1H3,(H,24,25). The first kappa shape index (κ1) is 19.2. The normalized spacial score (nSPS) is 14.9. The zero-order chi connectivity index (χ0) is 19.6. The number of carboxylic acids is 1. The summed E-state index contributed by atoms with van der Waals surface area (Å²) in [6, 6.07) is 5.50. The predicted molar refractivity (Wildman–Crippen MR) is 100 cm³/mol. The minimum absolute atomic E-state index is 0.125. The number of hydrogen-bond donors (Lipinski definition) is 3. The minimum Gasteiger partial charge on any atom is -0.494 e. The molecule has 1 aromatic heterocycles. The number of aromatic nitrogens is 1. The van der Waals surface area contributed by atoms with E-state index in [0.29, 0.717) is 15.8 Å². The highest BCUT2D eigenvalue weighted by Gasteiger charge is 2.23. The van der Waals surface area contributed by atoms with Crippen molar-refractivity contribution in [1.29, 1.82) is 0 Å². The van der Waals surface area contributed by atoms with Crippen molar-refractivity contribution in [3.63, 3.8) is 0 Å². The lowest BCUT2D eigenvalue weighted by atomic mass is 10.0. The maximum absolute atomic E-state index is 11.3. The molecule has 144 valence electrons. The Hall–Kier alpha value is -2.61. The van der Waals surface area contributed by atoms with Gasteiger partial charge in [-0.05, 0) is 25.0 Å². The molecule has 1 aliphatic carbocycles. The van der Waals surface area contributed by atoms with Crippen LogP contribution in [0.1, 0.15) is 49.4 Å². The summed E-state index contributed by atoms with van der Waals surface area (Å²) >= 11 is 1.53. The molecule has 0 atom stereocenters. The van der Waals surface area contributed by atoms with E-state index < -0.39 is 11.9 Å². The fraction of sp³-hybridized carbons (Fsp3) is 0.368. The quantitative estimate of drug-likeness (QED) is 0.523. The van der Waals surface area contributed by atoms with Gasteiger partial charge in [-0.3, -0.25) is 9.36 Å². The maximum Gasteiger partial charge on any atom is 0.339 e. The SMILES string of the molecule is CC(=O)Oc1cc(-n2c(O)cc(SC3CCCCC3)c2O)ccc1C(=O)O. The summed E-state index contributed by atoms with van der Waals surface area (Å²) in [6.07, 6.45) is 5.69. The second-order valence-corrected chi connectivity index (χ2v) is 7.83. The van der Waals surface area contributed by atoms with Crippen molar-refractivity contribution >= 4 is 23.7 Å². The zero-order valence-electron chi connectivity index (χ0n) is 14.8. The fourth-order valence-corrected chi connectivity index (χ4v) is 4.53. The second kappa shape index (κ2) is 7.96. The van der Waals surface area contributed by atoms with Gasteiger partial charge < -0.3 is 20.1 Å². The molecule has 8 heteroatoms. The predicted octanol–water partition coefficient (Wildman–Crippen LogP) is 3.94. The third kappa shape index (κ3) is 4.21. The summed E-state index contributed by atoms with van der Waals surface area (Å²) in [5, 5.41) is 30.5. The first-order valence-corrected chi connectivity index (χ1v) is 9.61. The minimum atomic E-state index is -1.24. The van der Waals surface area contributed by atoms with Gasteiger partial charge in [0.05, 0.1) is 10.6 Å². The lowest BCUT2D eigenvalue weighted by molar-refractivity contribution is -0.131. The van der Waals surface area contributed by atoms with Crippen LogP contribution in [0.4, 0.5) is 0 Å². The number of thioether (sulfide) groups is 1. The Labute approximate surface area is 160 Å². The summed E-state index contributed by atoms with van der Waals surface area (Å²) in [5.74, 6) is -2.36. The summed E-state index contributed by atoms with van der Waals surface area (Å²) in [7, 11) is 0. The van der Waals surface area contributed by atoms with Gasteiger partial charge in [0.25, 0.3) is 0 Å². The van der Waals surface area contributed by atoms with E-state index >= 15 is 0 Å². The molecule has 3 rings (SSSR count). The molecule has 1 aromatic carbocycles. The van der Waals surface area contributed by atoms with Crippen LogP contribution in [-0.2, 0) is 4.79 Å². The van der Waals surface area contributed by atoms with E-state index in [9.17, 15) is 24.9 Å². The molecule has 0 bridgehead atoms. The number of carbonyl (C=O) groups is 2. The molecule has 1 fully saturated rings. The van der Waals surface area contributed by atoms with Gasteiger partial charge in [0.15, 0.2) is 5.88 Å². The van der Waals surface area contributed by atoms with Gasteiger partial charge in [0.2, 0.25) is 5.88 Å².